The molecule has 1 aromatic heterocycles. The van der Waals surface area contributed by atoms with E-state index in [9.17, 15) is 10.1 Å². The molecule has 2 amide bonds. The van der Waals surface area contributed by atoms with Gasteiger partial charge in [-0.25, -0.2) is 4.79 Å². The lowest BCUT2D eigenvalue weighted by Gasteiger charge is -2.37. The molecule has 3 aromatic carbocycles. The lowest BCUT2D eigenvalue weighted by atomic mass is 9.76. The molecular formula is C36H44B3N5O7. The number of rotatable bonds is 13. The molecular weight excluding hydrogens is 647 g/mol. The summed E-state index contributed by atoms with van der Waals surface area (Å²) in [5.74, 6) is -0.182. The van der Waals surface area contributed by atoms with Crippen LogP contribution in [0.4, 0.5) is 10.6 Å². The molecule has 4 atom stereocenters. The van der Waals surface area contributed by atoms with Gasteiger partial charge in [-0.05, 0) is 68.8 Å². The highest BCUT2D eigenvalue weighted by Gasteiger charge is 2.55. The van der Waals surface area contributed by atoms with Gasteiger partial charge < -0.3 is 43.4 Å². The van der Waals surface area contributed by atoms with Gasteiger partial charge in [-0.15, -0.1) is 0 Å². The molecule has 0 radical (unpaired) electrons. The van der Waals surface area contributed by atoms with Crippen LogP contribution >= 0.6 is 0 Å². The van der Waals surface area contributed by atoms with Crippen LogP contribution in [0.2, 0.25) is 6.82 Å². The number of carbonyl (C=O) groups excluding carboxylic acids is 1. The highest BCUT2D eigenvalue weighted by atomic mass is 16.8. The zero-order chi connectivity index (χ0) is 35.3. The molecule has 4 saturated heterocycles. The third-order valence-corrected chi connectivity index (χ3v) is 10.3. The molecule has 4 aromatic rings. The van der Waals surface area contributed by atoms with Crippen molar-refractivity contribution in [1.29, 1.82) is 0 Å². The van der Waals surface area contributed by atoms with Gasteiger partial charge in [0, 0.05) is 25.1 Å². The third kappa shape index (κ3) is 7.03. The fraction of sp³-hybridized carbons (Fsp3) is 0.444. The van der Waals surface area contributed by atoms with E-state index in [1.165, 1.54) is 0 Å². The largest absolute Gasteiger partial charge is 0.431 e. The van der Waals surface area contributed by atoms with Gasteiger partial charge in [0.25, 0.3) is 0 Å². The smallest absolute Gasteiger partial charge is 0.431 e. The molecule has 12 nitrogen and oxygen atoms in total. The normalized spacial score (nSPS) is 23.8. The molecule has 5 heterocycles. The minimum atomic E-state index is -0.865. The van der Waals surface area contributed by atoms with Crippen LogP contribution in [0, 0.1) is 0 Å². The van der Waals surface area contributed by atoms with Gasteiger partial charge in [-0.1, -0.05) is 66.7 Å². The molecule has 0 aliphatic carbocycles. The number of carbonyl (C=O) groups is 1. The van der Waals surface area contributed by atoms with Crippen molar-refractivity contribution >= 4 is 43.9 Å². The zero-order valence-corrected chi connectivity index (χ0v) is 29.4. The summed E-state index contributed by atoms with van der Waals surface area (Å²) in [5, 5.41) is 26.4. The Balaban J connectivity index is 1.23. The Hall–Kier alpha value is -3.85. The van der Waals surface area contributed by atoms with Crippen molar-refractivity contribution in [1.82, 2.24) is 19.5 Å². The second-order valence-electron chi connectivity index (χ2n) is 14.5. The van der Waals surface area contributed by atoms with Gasteiger partial charge in [0.1, 0.15) is 18.0 Å². The molecule has 51 heavy (non-hydrogen) atoms. The maximum absolute atomic E-state index is 15.1. The molecule has 2 N–H and O–H groups in total. The Morgan fingerprint density at radius 3 is 1.98 bits per heavy atom. The number of hydrogen-bond donors (Lipinski definition) is 2. The van der Waals surface area contributed by atoms with E-state index in [-0.39, 0.29) is 38.8 Å². The Labute approximate surface area is 299 Å². The molecule has 0 spiro atoms. The quantitative estimate of drug-likeness (QED) is 0.161. The van der Waals surface area contributed by atoms with Crippen molar-refractivity contribution in [3.05, 3.63) is 95.6 Å². The van der Waals surface area contributed by atoms with Crippen molar-refractivity contribution in [2.75, 3.05) is 30.9 Å². The van der Waals surface area contributed by atoms with Crippen molar-refractivity contribution in [3.63, 3.8) is 0 Å². The molecule has 4 fully saturated rings. The Bertz CT molecular complexity index is 1830. The maximum Gasteiger partial charge on any atom is 0.431 e. The van der Waals surface area contributed by atoms with E-state index in [1.807, 2.05) is 76.9 Å². The number of aliphatic hydroxyl groups excluding tert-OH is 1. The number of ether oxygens (including phenoxy) is 2. The highest BCUT2D eigenvalue weighted by Crippen LogP contribution is 2.41. The number of urea groups is 1. The van der Waals surface area contributed by atoms with Crippen LogP contribution in [0.25, 0.3) is 10.9 Å². The summed E-state index contributed by atoms with van der Waals surface area (Å²) >= 11 is 0. The monoisotopic (exact) mass is 691 g/mol. The predicted octanol–water partition coefficient (Wildman–Crippen LogP) is 3.28. The van der Waals surface area contributed by atoms with Crippen molar-refractivity contribution in [3.8, 4) is 0 Å². The molecule has 4 aliphatic heterocycles. The number of hydrogen-bond acceptors (Lipinski definition) is 9. The van der Waals surface area contributed by atoms with Gasteiger partial charge in [-0.2, -0.15) is 5.10 Å². The van der Waals surface area contributed by atoms with Crippen LogP contribution in [-0.4, -0.2) is 113 Å². The first-order valence-electron chi connectivity index (χ1n) is 18.0. The van der Waals surface area contributed by atoms with E-state index in [0.29, 0.717) is 51.2 Å². The van der Waals surface area contributed by atoms with Crippen LogP contribution < -0.4 is 4.72 Å². The van der Waals surface area contributed by atoms with Crippen molar-refractivity contribution in [2.24, 2.45) is 0 Å². The molecule has 0 unspecified atom stereocenters. The number of aliphatic hydroxyl groups is 1. The van der Waals surface area contributed by atoms with Gasteiger partial charge in [-0.3, -0.25) is 4.59 Å². The van der Waals surface area contributed by atoms with E-state index in [4.69, 9.17) is 23.9 Å². The second kappa shape index (κ2) is 13.9. The average Bonchev–Trinajstić information content (AvgIpc) is 4.07. The van der Waals surface area contributed by atoms with E-state index < -0.39 is 25.0 Å². The summed E-state index contributed by atoms with van der Waals surface area (Å²) in [6, 6.07) is 25.6. The Kier molecular flexibility index (Phi) is 9.36. The number of fused-ring (bicyclic) bond motifs is 2. The summed E-state index contributed by atoms with van der Waals surface area (Å²) in [5.41, 5.74) is 3.88. The van der Waals surface area contributed by atoms with Gasteiger partial charge in [0.15, 0.2) is 5.79 Å². The summed E-state index contributed by atoms with van der Waals surface area (Å²) in [7, 11) is -1.12. The lowest BCUT2D eigenvalue weighted by Crippen LogP contribution is -2.52. The second-order valence-corrected chi connectivity index (χ2v) is 14.5. The van der Waals surface area contributed by atoms with E-state index >= 15 is 4.79 Å². The number of anilines is 1. The molecule has 264 valence electrons. The van der Waals surface area contributed by atoms with Gasteiger partial charge >= 0.3 is 27.2 Å². The predicted molar refractivity (Wildman–Crippen MR) is 196 cm³/mol. The first kappa shape index (κ1) is 34.3. The van der Waals surface area contributed by atoms with E-state index in [0.717, 1.165) is 27.6 Å². The average molecular weight is 691 g/mol. The summed E-state index contributed by atoms with van der Waals surface area (Å²) in [6.45, 7) is 7.38. The molecule has 0 bridgehead atoms. The van der Waals surface area contributed by atoms with Crippen LogP contribution in [0.15, 0.2) is 78.9 Å². The van der Waals surface area contributed by atoms with Gasteiger partial charge in [0.05, 0.1) is 30.6 Å². The molecule has 8 rings (SSSR count). The van der Waals surface area contributed by atoms with Crippen LogP contribution in [-0.2, 0) is 38.2 Å². The summed E-state index contributed by atoms with van der Waals surface area (Å²) < 4.78 is 28.6. The lowest BCUT2D eigenvalue weighted by molar-refractivity contribution is -0.157. The standard InChI is InChI=1S/C36H44B3N5O7/c1-36(2)50-32-30(20-25-11-6-4-7-12-25)41(17-10-18-45)35(46)42(31(33(32)51-36)21-26-13-8-5-9-14-26)22-27-15-16-29-28(19-27)34(40-44(29)37(3)47)43(38-23-48-38)39-24-49-39/h4-9,11-16,19,30-33,45,47H,10,17-18,20-24H2,1-3H3/t30-,31-,32+,33+/m1/s1. The van der Waals surface area contributed by atoms with Gasteiger partial charge in [0.2, 0.25) is 0 Å². The highest BCUT2D eigenvalue weighted by molar-refractivity contribution is 6.84. The van der Waals surface area contributed by atoms with Crippen LogP contribution in [0.1, 0.15) is 37.0 Å². The fourth-order valence-electron chi connectivity index (χ4n) is 7.87. The number of nitrogens with zero attached hydrogens (tertiary/aromatic N) is 5. The number of amides is 2. The molecule has 15 heteroatoms. The molecule has 4 aliphatic rings. The summed E-state index contributed by atoms with van der Waals surface area (Å²) in [6.07, 6.45) is 0.750. The first-order valence-corrected chi connectivity index (χ1v) is 18.0. The fourth-order valence-corrected chi connectivity index (χ4v) is 7.87. The maximum atomic E-state index is 15.1. The molecule has 0 saturated carbocycles. The van der Waals surface area contributed by atoms with E-state index in [2.05, 4.69) is 30.3 Å². The Morgan fingerprint density at radius 2 is 1.45 bits per heavy atom. The SMILES string of the molecule is CB(O)n1nc(N(B2CO2)B2CO2)c2cc(CN3C(=O)N(CCCO)[C@H](Cc4ccccc4)[C@@H]4OC(C)(C)O[C@H]4[C@H]3Cc3ccccc3)ccc21. The van der Waals surface area contributed by atoms with Crippen LogP contribution in [0.5, 0.6) is 0 Å². The van der Waals surface area contributed by atoms with Crippen molar-refractivity contribution < 1.29 is 33.7 Å². The van der Waals surface area contributed by atoms with Crippen molar-refractivity contribution in [2.45, 2.75) is 76.6 Å². The Morgan fingerprint density at radius 1 is 0.882 bits per heavy atom. The number of benzene rings is 3. The topological polar surface area (TPSA) is 129 Å². The van der Waals surface area contributed by atoms with Crippen LogP contribution in [0.3, 0.4) is 0 Å². The van der Waals surface area contributed by atoms with E-state index in [1.54, 1.807) is 11.4 Å². The number of aromatic nitrogens is 2. The first-order chi connectivity index (χ1) is 24.7. The minimum absolute atomic E-state index is 0.0368. The zero-order valence-electron chi connectivity index (χ0n) is 29.4. The third-order valence-electron chi connectivity index (χ3n) is 10.3. The summed E-state index contributed by atoms with van der Waals surface area (Å²) in [4.78, 5) is 19.0. The minimum Gasteiger partial charge on any atom is -0.431 e.